The third kappa shape index (κ3) is 6.92. The van der Waals surface area contributed by atoms with Crippen LogP contribution in [0.1, 0.15) is 47.6 Å². The summed E-state index contributed by atoms with van der Waals surface area (Å²) in [7, 11) is 0. The monoisotopic (exact) mass is 674 g/mol. The van der Waals surface area contributed by atoms with Crippen molar-refractivity contribution >= 4 is 40.2 Å². The lowest BCUT2D eigenvalue weighted by atomic mass is 9.97. The van der Waals surface area contributed by atoms with Crippen molar-refractivity contribution in [2.75, 3.05) is 51.4 Å². The Balaban J connectivity index is 1.10. The molecule has 0 unspecified atom stereocenters. The van der Waals surface area contributed by atoms with Crippen LogP contribution in [0.5, 0.6) is 0 Å². The Hall–Kier alpha value is -4.37. The normalized spacial score (nSPS) is 21.0. The van der Waals surface area contributed by atoms with Crippen LogP contribution in [0.3, 0.4) is 0 Å². The first-order valence-electron chi connectivity index (χ1n) is 16.3. The Kier molecular flexibility index (Phi) is 9.39. The summed E-state index contributed by atoms with van der Waals surface area (Å²) in [5.74, 6) is -0.968. The van der Waals surface area contributed by atoms with Crippen LogP contribution in [0, 0.1) is 0 Å². The highest BCUT2D eigenvalue weighted by Gasteiger charge is 2.55. The van der Waals surface area contributed by atoms with Gasteiger partial charge in [-0.2, -0.15) is 0 Å². The van der Waals surface area contributed by atoms with Gasteiger partial charge in [-0.25, -0.2) is 9.78 Å². The quantitative estimate of drug-likeness (QED) is 0.330. The van der Waals surface area contributed by atoms with E-state index in [2.05, 4.69) is 20.9 Å². The highest BCUT2D eigenvalue weighted by Crippen LogP contribution is 2.39. The molecule has 3 aliphatic heterocycles. The van der Waals surface area contributed by atoms with Gasteiger partial charge in [-0.1, -0.05) is 42.5 Å². The molecule has 48 heavy (non-hydrogen) atoms. The molecule has 7 rings (SSSR count). The number of morpholine rings is 1. The van der Waals surface area contributed by atoms with Crippen molar-refractivity contribution < 1.29 is 33.4 Å². The molecule has 2 aromatic carbocycles. The van der Waals surface area contributed by atoms with Gasteiger partial charge < -0.3 is 35.1 Å². The van der Waals surface area contributed by atoms with Crippen molar-refractivity contribution in [2.45, 2.75) is 49.5 Å². The number of aromatic nitrogens is 1. The molecule has 2 atom stereocenters. The standard InChI is InChI=1S/C34H38N6O7S/c41-29(35-25-10-11-25)24-8-6-22(7-9-24)26-21-48-32(36-26)38-30(42)27-20-47-34(12-16-45-17-13-34)40(27)31(43)28(23-4-2-1-3-5-23)37-33(44)39-14-18-46-19-15-39/h1-9,21,25,27-28H,10-20H2,(H,35,41)(H,37,44)(H,36,38,42)/t27-,28+/m0/s1. The van der Waals surface area contributed by atoms with E-state index in [1.165, 1.54) is 16.2 Å². The molecule has 13 nitrogen and oxygen atoms in total. The molecule has 1 saturated carbocycles. The fraction of sp³-hybridized carbons (Fsp3) is 0.441. The zero-order chi connectivity index (χ0) is 33.1. The highest BCUT2D eigenvalue weighted by atomic mass is 32.1. The summed E-state index contributed by atoms with van der Waals surface area (Å²) < 4.78 is 17.3. The molecule has 3 saturated heterocycles. The summed E-state index contributed by atoms with van der Waals surface area (Å²) in [5.41, 5.74) is 1.57. The molecule has 14 heteroatoms. The van der Waals surface area contributed by atoms with E-state index in [0.717, 1.165) is 18.4 Å². The largest absolute Gasteiger partial charge is 0.381 e. The van der Waals surface area contributed by atoms with E-state index in [1.54, 1.807) is 29.2 Å². The zero-order valence-electron chi connectivity index (χ0n) is 26.4. The van der Waals surface area contributed by atoms with E-state index >= 15 is 0 Å². The molecule has 3 N–H and O–H groups in total. The molecular weight excluding hydrogens is 636 g/mol. The molecule has 3 aromatic rings. The summed E-state index contributed by atoms with van der Waals surface area (Å²) in [4.78, 5) is 62.1. The fourth-order valence-corrected chi connectivity index (χ4v) is 7.00. The van der Waals surface area contributed by atoms with Crippen molar-refractivity contribution in [3.05, 3.63) is 71.1 Å². The van der Waals surface area contributed by atoms with Crippen LogP contribution in [-0.4, -0.2) is 102 Å². The molecule has 4 fully saturated rings. The Morgan fingerprint density at radius 3 is 2.33 bits per heavy atom. The number of hydrogen-bond donors (Lipinski definition) is 3. The smallest absolute Gasteiger partial charge is 0.318 e. The molecule has 1 aromatic heterocycles. The van der Waals surface area contributed by atoms with Crippen LogP contribution in [-0.2, 0) is 23.8 Å². The van der Waals surface area contributed by atoms with Gasteiger partial charge >= 0.3 is 6.03 Å². The first kappa shape index (κ1) is 32.2. The Labute approximate surface area is 281 Å². The van der Waals surface area contributed by atoms with Crippen molar-refractivity contribution in [2.24, 2.45) is 0 Å². The minimum atomic E-state index is -1.06. The number of benzene rings is 2. The second-order valence-corrected chi connectivity index (χ2v) is 13.2. The van der Waals surface area contributed by atoms with Crippen LogP contribution < -0.4 is 16.0 Å². The molecule has 252 valence electrons. The van der Waals surface area contributed by atoms with Gasteiger partial charge in [-0.15, -0.1) is 11.3 Å². The molecule has 1 aliphatic carbocycles. The van der Waals surface area contributed by atoms with Gasteiger partial charge in [-0.3, -0.25) is 19.3 Å². The number of nitrogens with one attached hydrogen (secondary N) is 3. The lowest BCUT2D eigenvalue weighted by molar-refractivity contribution is -0.172. The Bertz CT molecular complexity index is 1630. The molecule has 0 radical (unpaired) electrons. The van der Waals surface area contributed by atoms with E-state index in [0.29, 0.717) is 74.3 Å². The van der Waals surface area contributed by atoms with Gasteiger partial charge in [0.2, 0.25) is 0 Å². The topological polar surface area (TPSA) is 151 Å². The van der Waals surface area contributed by atoms with E-state index in [9.17, 15) is 19.2 Å². The SMILES string of the molecule is O=C(NC1CC1)c1ccc(-c2csc(NC(=O)[C@@H]3COC4(CCOCC4)N3C(=O)[C@H](NC(=O)N3CCOCC3)c3ccccc3)n2)cc1. The van der Waals surface area contributed by atoms with Crippen LogP contribution in [0.15, 0.2) is 60.0 Å². The predicted molar refractivity (Wildman–Crippen MR) is 176 cm³/mol. The zero-order valence-corrected chi connectivity index (χ0v) is 27.2. The Morgan fingerprint density at radius 2 is 1.62 bits per heavy atom. The number of amides is 5. The predicted octanol–water partition coefficient (Wildman–Crippen LogP) is 3.16. The highest BCUT2D eigenvalue weighted by molar-refractivity contribution is 7.14. The average Bonchev–Trinajstić information content (AvgIpc) is 3.70. The third-order valence-electron chi connectivity index (χ3n) is 9.11. The lowest BCUT2D eigenvalue weighted by Crippen LogP contribution is -2.60. The minimum Gasteiger partial charge on any atom is -0.381 e. The van der Waals surface area contributed by atoms with Gasteiger partial charge in [0.05, 0.1) is 38.7 Å². The summed E-state index contributed by atoms with van der Waals surface area (Å²) in [6, 6.07) is 14.1. The fourth-order valence-electron chi connectivity index (χ4n) is 6.28. The number of carbonyl (C=O) groups excluding carboxylic acids is 4. The van der Waals surface area contributed by atoms with Crippen molar-refractivity contribution in [3.63, 3.8) is 0 Å². The summed E-state index contributed by atoms with van der Waals surface area (Å²) >= 11 is 1.26. The van der Waals surface area contributed by atoms with Crippen LogP contribution in [0.25, 0.3) is 11.3 Å². The maximum atomic E-state index is 14.7. The van der Waals surface area contributed by atoms with Crippen LogP contribution in [0.4, 0.5) is 9.93 Å². The van der Waals surface area contributed by atoms with Gasteiger partial charge in [0, 0.05) is 48.5 Å². The average molecular weight is 675 g/mol. The second kappa shape index (κ2) is 14.0. The van der Waals surface area contributed by atoms with E-state index < -0.39 is 29.6 Å². The van der Waals surface area contributed by atoms with E-state index in [4.69, 9.17) is 14.2 Å². The van der Waals surface area contributed by atoms with Gasteiger partial charge in [0.25, 0.3) is 17.7 Å². The van der Waals surface area contributed by atoms with Crippen molar-refractivity contribution in [1.29, 1.82) is 0 Å². The first-order chi connectivity index (χ1) is 23.4. The van der Waals surface area contributed by atoms with Crippen LogP contribution >= 0.6 is 11.3 Å². The number of anilines is 1. The van der Waals surface area contributed by atoms with Crippen molar-refractivity contribution in [1.82, 2.24) is 25.4 Å². The number of urea groups is 1. The van der Waals surface area contributed by atoms with Crippen LogP contribution in [0.2, 0.25) is 0 Å². The van der Waals surface area contributed by atoms with Gasteiger partial charge in [0.1, 0.15) is 17.8 Å². The molecule has 4 aliphatic rings. The molecule has 1 spiro atoms. The van der Waals surface area contributed by atoms with E-state index in [1.807, 2.05) is 35.7 Å². The maximum absolute atomic E-state index is 14.7. The second-order valence-electron chi connectivity index (χ2n) is 12.3. The molecule has 0 bridgehead atoms. The third-order valence-corrected chi connectivity index (χ3v) is 9.87. The van der Waals surface area contributed by atoms with E-state index in [-0.39, 0.29) is 24.6 Å². The van der Waals surface area contributed by atoms with Crippen molar-refractivity contribution in [3.8, 4) is 11.3 Å². The molecule has 4 heterocycles. The summed E-state index contributed by atoms with van der Waals surface area (Å²) in [6.07, 6.45) is 2.81. The Morgan fingerprint density at radius 1 is 0.917 bits per heavy atom. The minimum absolute atomic E-state index is 0.0148. The number of thiazole rings is 1. The molecule has 5 amide bonds. The van der Waals surface area contributed by atoms with Gasteiger partial charge in [-0.05, 0) is 30.5 Å². The number of carbonyl (C=O) groups is 4. The number of hydrogen-bond acceptors (Lipinski definition) is 9. The summed E-state index contributed by atoms with van der Waals surface area (Å²) in [6.45, 7) is 2.39. The summed E-state index contributed by atoms with van der Waals surface area (Å²) in [5, 5.41) is 11.0. The lowest BCUT2D eigenvalue weighted by Gasteiger charge is -2.42. The van der Waals surface area contributed by atoms with Gasteiger partial charge in [0.15, 0.2) is 5.13 Å². The number of nitrogens with zero attached hydrogens (tertiary/aromatic N) is 3. The number of ether oxygens (including phenoxy) is 3. The maximum Gasteiger partial charge on any atom is 0.318 e. The number of rotatable bonds is 8. The molecular formula is C34H38N6O7S. The first-order valence-corrected chi connectivity index (χ1v) is 17.2.